The third-order valence-corrected chi connectivity index (χ3v) is 1.68. The quantitative estimate of drug-likeness (QED) is 0.666. The van der Waals surface area contributed by atoms with E-state index in [1.54, 1.807) is 13.0 Å². The molecule has 0 atom stereocenters. The van der Waals surface area contributed by atoms with E-state index in [2.05, 4.69) is 0 Å². The Labute approximate surface area is 71.7 Å². The molecule has 64 valence electrons. The predicted octanol–water partition coefficient (Wildman–Crippen LogP) is 2.80. The second kappa shape index (κ2) is 4.00. The van der Waals surface area contributed by atoms with Gasteiger partial charge in [0.1, 0.15) is 5.82 Å². The fourth-order valence-electron chi connectivity index (χ4n) is 1.02. The van der Waals surface area contributed by atoms with Crippen LogP contribution >= 0.6 is 0 Å². The second-order valence-electron chi connectivity index (χ2n) is 2.91. The van der Waals surface area contributed by atoms with E-state index in [0.717, 1.165) is 12.0 Å². The largest absolute Gasteiger partial charge is 0.310 e. The molecule has 12 heavy (non-hydrogen) atoms. The highest BCUT2D eigenvalue weighted by atomic mass is 19.1. The van der Waals surface area contributed by atoms with Crippen LogP contribution in [0.15, 0.2) is 24.3 Å². The molecule has 0 radical (unpaired) electrons. The first-order valence-corrected chi connectivity index (χ1v) is 3.97. The number of nitrogens with one attached hydrogen (secondary N) is 1. The van der Waals surface area contributed by atoms with Crippen LogP contribution in [0.2, 0.25) is 0 Å². The molecule has 2 heteroatoms. The second-order valence-corrected chi connectivity index (χ2v) is 2.91. The summed E-state index contributed by atoms with van der Waals surface area (Å²) < 4.78 is 12.6. The van der Waals surface area contributed by atoms with Crippen LogP contribution in [0.4, 0.5) is 4.39 Å². The molecule has 0 amide bonds. The summed E-state index contributed by atoms with van der Waals surface area (Å²) in [5.74, 6) is -0.199. The first-order chi connectivity index (χ1) is 5.68. The van der Waals surface area contributed by atoms with Crippen LogP contribution in [0.25, 0.3) is 0 Å². The summed E-state index contributed by atoms with van der Waals surface area (Å²) in [7, 11) is 0. The van der Waals surface area contributed by atoms with Gasteiger partial charge in [0.05, 0.1) is 0 Å². The van der Waals surface area contributed by atoms with Gasteiger partial charge in [0.25, 0.3) is 0 Å². The van der Waals surface area contributed by atoms with Crippen molar-refractivity contribution in [2.45, 2.75) is 19.8 Å². The molecule has 0 aliphatic rings. The van der Waals surface area contributed by atoms with Gasteiger partial charge in [-0.1, -0.05) is 12.1 Å². The molecular formula is C10H12FN. The highest BCUT2D eigenvalue weighted by Gasteiger charge is 1.95. The summed E-state index contributed by atoms with van der Waals surface area (Å²) in [4.78, 5) is 0. The number of rotatable bonds is 3. The first kappa shape index (κ1) is 8.91. The summed E-state index contributed by atoms with van der Waals surface area (Å²) in [5, 5.41) is 7.20. The van der Waals surface area contributed by atoms with E-state index in [1.165, 1.54) is 12.1 Å². The van der Waals surface area contributed by atoms with Gasteiger partial charge in [0.15, 0.2) is 0 Å². The van der Waals surface area contributed by atoms with E-state index in [0.29, 0.717) is 12.1 Å². The minimum absolute atomic E-state index is 0.199. The maximum Gasteiger partial charge on any atom is 0.123 e. The topological polar surface area (TPSA) is 23.9 Å². The normalized spacial score (nSPS) is 9.83. The molecule has 0 aliphatic carbocycles. The van der Waals surface area contributed by atoms with Gasteiger partial charge in [-0.3, -0.25) is 0 Å². The van der Waals surface area contributed by atoms with Crippen molar-refractivity contribution < 1.29 is 4.39 Å². The van der Waals surface area contributed by atoms with E-state index in [4.69, 9.17) is 5.41 Å². The van der Waals surface area contributed by atoms with E-state index < -0.39 is 0 Å². The van der Waals surface area contributed by atoms with E-state index >= 15 is 0 Å². The molecule has 1 rings (SSSR count). The zero-order chi connectivity index (χ0) is 8.97. The Balaban J connectivity index is 2.57. The van der Waals surface area contributed by atoms with Crippen LogP contribution < -0.4 is 0 Å². The van der Waals surface area contributed by atoms with Crippen molar-refractivity contribution in [3.8, 4) is 0 Å². The van der Waals surface area contributed by atoms with Gasteiger partial charge in [-0.15, -0.1) is 0 Å². The van der Waals surface area contributed by atoms with Crippen LogP contribution in [-0.4, -0.2) is 5.71 Å². The summed E-state index contributed by atoms with van der Waals surface area (Å²) in [6.45, 7) is 1.76. The molecule has 1 nitrogen and oxygen atoms in total. The number of hydrogen-bond donors (Lipinski definition) is 1. The van der Waals surface area contributed by atoms with Crippen molar-refractivity contribution in [1.29, 1.82) is 5.41 Å². The molecular weight excluding hydrogens is 153 g/mol. The number of aryl methyl sites for hydroxylation is 1. The van der Waals surface area contributed by atoms with E-state index in [9.17, 15) is 4.39 Å². The number of benzene rings is 1. The smallest absolute Gasteiger partial charge is 0.123 e. The summed E-state index contributed by atoms with van der Waals surface area (Å²) in [6, 6.07) is 6.53. The highest BCUT2D eigenvalue weighted by molar-refractivity contribution is 5.78. The summed E-state index contributed by atoms with van der Waals surface area (Å²) in [5.41, 5.74) is 1.60. The van der Waals surface area contributed by atoms with Crippen molar-refractivity contribution in [2.75, 3.05) is 0 Å². The zero-order valence-corrected chi connectivity index (χ0v) is 7.10. The lowest BCUT2D eigenvalue weighted by Crippen LogP contribution is -1.93. The lowest BCUT2D eigenvalue weighted by Gasteiger charge is -1.99. The lowest BCUT2D eigenvalue weighted by atomic mass is 10.1. The summed E-state index contributed by atoms with van der Waals surface area (Å²) in [6.07, 6.45) is 1.47. The van der Waals surface area contributed by atoms with Gasteiger partial charge in [0.2, 0.25) is 0 Å². The predicted molar refractivity (Wildman–Crippen MR) is 48.1 cm³/mol. The third kappa shape index (κ3) is 2.82. The molecule has 0 fully saturated rings. The molecule has 0 saturated heterocycles. The van der Waals surface area contributed by atoms with Crippen LogP contribution in [0, 0.1) is 11.2 Å². The Morgan fingerprint density at radius 1 is 1.50 bits per heavy atom. The highest BCUT2D eigenvalue weighted by Crippen LogP contribution is 2.06. The van der Waals surface area contributed by atoms with Gasteiger partial charge >= 0.3 is 0 Å². The maximum absolute atomic E-state index is 12.6. The lowest BCUT2D eigenvalue weighted by molar-refractivity contribution is 0.625. The van der Waals surface area contributed by atoms with E-state index in [-0.39, 0.29) is 5.82 Å². The molecule has 1 N–H and O–H groups in total. The standard InChI is InChI=1S/C10H12FN/c1-8(12)5-6-9-3-2-4-10(11)7-9/h2-4,7,12H,5-6H2,1H3. The Hall–Kier alpha value is -1.18. The van der Waals surface area contributed by atoms with Crippen molar-refractivity contribution in [3.05, 3.63) is 35.6 Å². The molecule has 0 unspecified atom stereocenters. The Morgan fingerprint density at radius 3 is 2.83 bits per heavy atom. The molecule has 0 aliphatic heterocycles. The van der Waals surface area contributed by atoms with Crippen molar-refractivity contribution >= 4 is 5.71 Å². The maximum atomic E-state index is 12.6. The van der Waals surface area contributed by atoms with Gasteiger partial charge < -0.3 is 5.41 Å². The minimum Gasteiger partial charge on any atom is -0.310 e. The van der Waals surface area contributed by atoms with Crippen LogP contribution in [0.3, 0.4) is 0 Å². The average Bonchev–Trinajstić information content (AvgIpc) is 2.01. The molecule has 0 saturated carbocycles. The van der Waals surface area contributed by atoms with Crippen molar-refractivity contribution in [3.63, 3.8) is 0 Å². The van der Waals surface area contributed by atoms with E-state index in [1.807, 2.05) is 6.07 Å². The molecule has 0 spiro atoms. The fourth-order valence-corrected chi connectivity index (χ4v) is 1.02. The molecule has 1 aromatic rings. The molecule has 1 aromatic carbocycles. The van der Waals surface area contributed by atoms with Crippen LogP contribution in [0.1, 0.15) is 18.9 Å². The van der Waals surface area contributed by atoms with Crippen LogP contribution in [0.5, 0.6) is 0 Å². The Bertz CT molecular complexity index is 281. The molecule has 0 heterocycles. The Kier molecular flexibility index (Phi) is 2.97. The van der Waals surface area contributed by atoms with Gasteiger partial charge in [-0.2, -0.15) is 0 Å². The first-order valence-electron chi connectivity index (χ1n) is 3.97. The summed E-state index contributed by atoms with van der Waals surface area (Å²) >= 11 is 0. The van der Waals surface area contributed by atoms with Gasteiger partial charge in [-0.05, 0) is 37.5 Å². The van der Waals surface area contributed by atoms with Crippen molar-refractivity contribution in [1.82, 2.24) is 0 Å². The van der Waals surface area contributed by atoms with Crippen LogP contribution in [-0.2, 0) is 6.42 Å². The SMILES string of the molecule is CC(=N)CCc1cccc(F)c1. The number of halogens is 1. The zero-order valence-electron chi connectivity index (χ0n) is 7.10. The van der Waals surface area contributed by atoms with Gasteiger partial charge in [-0.25, -0.2) is 4.39 Å². The Morgan fingerprint density at radius 2 is 2.25 bits per heavy atom. The minimum atomic E-state index is -0.199. The molecule has 0 aromatic heterocycles. The number of hydrogen-bond acceptors (Lipinski definition) is 1. The van der Waals surface area contributed by atoms with Gasteiger partial charge in [0, 0.05) is 5.71 Å². The molecule has 0 bridgehead atoms. The average molecular weight is 165 g/mol. The fraction of sp³-hybridized carbons (Fsp3) is 0.300. The third-order valence-electron chi connectivity index (χ3n) is 1.68. The monoisotopic (exact) mass is 165 g/mol. The van der Waals surface area contributed by atoms with Crippen molar-refractivity contribution in [2.24, 2.45) is 0 Å².